The predicted octanol–water partition coefficient (Wildman–Crippen LogP) is 0.947. The van der Waals surface area contributed by atoms with Gasteiger partial charge in [-0.2, -0.15) is 0 Å². The van der Waals surface area contributed by atoms with E-state index < -0.39 is 0 Å². The van der Waals surface area contributed by atoms with Crippen LogP contribution in [0.3, 0.4) is 0 Å². The lowest BCUT2D eigenvalue weighted by Crippen LogP contribution is -2.54. The van der Waals surface area contributed by atoms with Gasteiger partial charge in [0.2, 0.25) is 11.8 Å². The lowest BCUT2D eigenvalue weighted by atomic mass is 10.1. The van der Waals surface area contributed by atoms with Gasteiger partial charge in [0, 0.05) is 51.8 Å². The van der Waals surface area contributed by atoms with E-state index in [1.54, 1.807) is 11.8 Å². The molecule has 1 aromatic heterocycles. The maximum absolute atomic E-state index is 12.7. The van der Waals surface area contributed by atoms with Gasteiger partial charge in [-0.3, -0.25) is 14.5 Å². The van der Waals surface area contributed by atoms with E-state index in [1.807, 2.05) is 18.7 Å². The molecule has 2 aliphatic rings. The number of likely N-dealkylation sites (tertiary alicyclic amines) is 1. The molecule has 7 heteroatoms. The first-order chi connectivity index (χ1) is 11.5. The lowest BCUT2D eigenvalue weighted by molar-refractivity contribution is -0.144. The second kappa shape index (κ2) is 6.93. The van der Waals surface area contributed by atoms with Crippen molar-refractivity contribution in [2.24, 2.45) is 0 Å². The van der Waals surface area contributed by atoms with Crippen molar-refractivity contribution in [1.29, 1.82) is 0 Å². The van der Waals surface area contributed by atoms with Gasteiger partial charge in [0.1, 0.15) is 11.8 Å². The first kappa shape index (κ1) is 17.0. The van der Waals surface area contributed by atoms with Gasteiger partial charge in [-0.1, -0.05) is 5.16 Å². The first-order valence-electron chi connectivity index (χ1n) is 8.67. The van der Waals surface area contributed by atoms with Crippen LogP contribution in [0.25, 0.3) is 0 Å². The molecule has 3 heterocycles. The van der Waals surface area contributed by atoms with Gasteiger partial charge in [0.05, 0.1) is 5.69 Å². The third kappa shape index (κ3) is 3.31. The second-order valence-corrected chi connectivity index (χ2v) is 6.77. The summed E-state index contributed by atoms with van der Waals surface area (Å²) in [7, 11) is 0. The van der Waals surface area contributed by atoms with E-state index in [2.05, 4.69) is 10.1 Å². The van der Waals surface area contributed by atoms with Crippen molar-refractivity contribution in [2.75, 3.05) is 32.7 Å². The fourth-order valence-corrected chi connectivity index (χ4v) is 3.69. The van der Waals surface area contributed by atoms with Gasteiger partial charge in [-0.05, 0) is 26.7 Å². The van der Waals surface area contributed by atoms with Gasteiger partial charge in [0.15, 0.2) is 0 Å². The van der Waals surface area contributed by atoms with Crippen LogP contribution in [0, 0.1) is 13.8 Å². The molecule has 0 saturated carbocycles. The topological polar surface area (TPSA) is 69.9 Å². The Morgan fingerprint density at radius 1 is 1.17 bits per heavy atom. The fraction of sp³-hybridized carbons (Fsp3) is 0.706. The van der Waals surface area contributed by atoms with Gasteiger partial charge >= 0.3 is 0 Å². The molecule has 2 fully saturated rings. The van der Waals surface area contributed by atoms with E-state index in [4.69, 9.17) is 4.52 Å². The summed E-state index contributed by atoms with van der Waals surface area (Å²) in [5, 5.41) is 4.00. The van der Waals surface area contributed by atoms with Crippen LogP contribution in [0.15, 0.2) is 4.52 Å². The molecule has 132 valence electrons. The van der Waals surface area contributed by atoms with Crippen LogP contribution in [0.4, 0.5) is 0 Å². The summed E-state index contributed by atoms with van der Waals surface area (Å²) in [5.41, 5.74) is 2.09. The second-order valence-electron chi connectivity index (χ2n) is 6.77. The summed E-state index contributed by atoms with van der Waals surface area (Å²) in [5.74, 6) is 0.983. The summed E-state index contributed by atoms with van der Waals surface area (Å²) in [6.07, 6.45) is 1.71. The van der Waals surface area contributed by atoms with E-state index in [0.29, 0.717) is 19.6 Å². The molecule has 1 unspecified atom stereocenters. The zero-order valence-corrected chi connectivity index (χ0v) is 14.7. The van der Waals surface area contributed by atoms with Crippen molar-refractivity contribution in [1.82, 2.24) is 19.9 Å². The Kier molecular flexibility index (Phi) is 4.89. The van der Waals surface area contributed by atoms with Gasteiger partial charge in [-0.25, -0.2) is 0 Å². The van der Waals surface area contributed by atoms with Crippen LogP contribution in [0.5, 0.6) is 0 Å². The third-order valence-corrected chi connectivity index (χ3v) is 5.19. The number of aromatic nitrogens is 1. The van der Waals surface area contributed by atoms with Crippen LogP contribution in [-0.2, 0) is 16.1 Å². The molecule has 0 radical (unpaired) electrons. The number of hydrogen-bond acceptors (Lipinski definition) is 5. The molecule has 7 nitrogen and oxygen atoms in total. The molecule has 3 rings (SSSR count). The zero-order valence-electron chi connectivity index (χ0n) is 14.7. The molecule has 2 aliphatic heterocycles. The Bertz CT molecular complexity index is 600. The number of carbonyl (C=O) groups excluding carboxylic acids is 2. The smallest absolute Gasteiger partial charge is 0.245 e. The number of hydrogen-bond donors (Lipinski definition) is 0. The van der Waals surface area contributed by atoms with E-state index in [0.717, 1.165) is 49.5 Å². The molecule has 24 heavy (non-hydrogen) atoms. The molecule has 0 N–H and O–H groups in total. The quantitative estimate of drug-likeness (QED) is 0.823. The number of piperazine rings is 1. The maximum Gasteiger partial charge on any atom is 0.245 e. The van der Waals surface area contributed by atoms with Crippen LogP contribution >= 0.6 is 0 Å². The summed E-state index contributed by atoms with van der Waals surface area (Å²) in [6, 6.07) is -0.253. The minimum Gasteiger partial charge on any atom is -0.361 e. The molecule has 0 aromatic carbocycles. The molecule has 2 saturated heterocycles. The highest BCUT2D eigenvalue weighted by atomic mass is 16.5. The molecule has 1 aromatic rings. The largest absolute Gasteiger partial charge is 0.361 e. The highest BCUT2D eigenvalue weighted by molar-refractivity contribution is 5.87. The van der Waals surface area contributed by atoms with Crippen LogP contribution < -0.4 is 0 Å². The molecular weight excluding hydrogens is 308 g/mol. The number of aryl methyl sites for hydroxylation is 2. The van der Waals surface area contributed by atoms with E-state index >= 15 is 0 Å². The third-order valence-electron chi connectivity index (χ3n) is 5.19. The summed E-state index contributed by atoms with van der Waals surface area (Å²) < 4.78 is 5.22. The van der Waals surface area contributed by atoms with Crippen molar-refractivity contribution >= 4 is 11.8 Å². The zero-order chi connectivity index (χ0) is 17.3. The van der Waals surface area contributed by atoms with Crippen molar-refractivity contribution in [3.05, 3.63) is 17.0 Å². The monoisotopic (exact) mass is 334 g/mol. The minimum atomic E-state index is -0.253. The highest BCUT2D eigenvalue weighted by Gasteiger charge is 2.36. The molecular formula is C17H26N4O3. The van der Waals surface area contributed by atoms with Gasteiger partial charge in [0.25, 0.3) is 0 Å². The average molecular weight is 334 g/mol. The van der Waals surface area contributed by atoms with Crippen molar-refractivity contribution in [3.63, 3.8) is 0 Å². The van der Waals surface area contributed by atoms with Crippen LogP contribution in [-0.4, -0.2) is 70.4 Å². The summed E-state index contributed by atoms with van der Waals surface area (Å²) >= 11 is 0. The highest BCUT2D eigenvalue weighted by Crippen LogP contribution is 2.21. The van der Waals surface area contributed by atoms with Crippen LogP contribution in [0.1, 0.15) is 36.8 Å². The average Bonchev–Trinajstić information content (AvgIpc) is 3.17. The summed E-state index contributed by atoms with van der Waals surface area (Å²) in [4.78, 5) is 30.4. The van der Waals surface area contributed by atoms with Crippen molar-refractivity contribution in [2.45, 2.75) is 46.2 Å². The molecule has 0 spiro atoms. The standard InChI is InChI=1S/C17H26N4O3/c1-12-15(13(2)24-18-12)11-19-7-9-20(10-8-19)17(23)16-5-4-6-21(16)14(3)22/h16H,4-11H2,1-3H3. The fourth-order valence-electron chi connectivity index (χ4n) is 3.69. The lowest BCUT2D eigenvalue weighted by Gasteiger charge is -2.37. The summed E-state index contributed by atoms with van der Waals surface area (Å²) in [6.45, 7) is 10.1. The number of amides is 2. The molecule has 0 bridgehead atoms. The number of carbonyl (C=O) groups is 2. The predicted molar refractivity (Wildman–Crippen MR) is 88.2 cm³/mol. The normalized spacial score (nSPS) is 22.2. The van der Waals surface area contributed by atoms with Gasteiger partial charge < -0.3 is 14.3 Å². The SMILES string of the molecule is CC(=O)N1CCCC1C(=O)N1CCN(Cc2c(C)noc2C)CC1. The van der Waals surface area contributed by atoms with Crippen molar-refractivity contribution in [3.8, 4) is 0 Å². The number of nitrogens with zero attached hydrogens (tertiary/aromatic N) is 4. The molecule has 0 aliphatic carbocycles. The van der Waals surface area contributed by atoms with Crippen LogP contribution in [0.2, 0.25) is 0 Å². The Morgan fingerprint density at radius 3 is 2.46 bits per heavy atom. The van der Waals surface area contributed by atoms with Crippen molar-refractivity contribution < 1.29 is 14.1 Å². The van der Waals surface area contributed by atoms with E-state index in [9.17, 15) is 9.59 Å². The Morgan fingerprint density at radius 2 is 1.88 bits per heavy atom. The first-order valence-corrected chi connectivity index (χ1v) is 8.67. The Labute approximate surface area is 142 Å². The van der Waals surface area contributed by atoms with E-state index in [-0.39, 0.29) is 17.9 Å². The molecule has 2 amide bonds. The van der Waals surface area contributed by atoms with E-state index in [1.165, 1.54) is 0 Å². The molecule has 1 atom stereocenters. The Hall–Kier alpha value is -1.89. The maximum atomic E-state index is 12.7. The number of rotatable bonds is 3. The Balaban J connectivity index is 1.55. The minimum absolute atomic E-state index is 0.00268. The van der Waals surface area contributed by atoms with Gasteiger partial charge in [-0.15, -0.1) is 0 Å².